The first-order valence-corrected chi connectivity index (χ1v) is 7.76. The van der Waals surface area contributed by atoms with Crippen molar-refractivity contribution in [2.75, 3.05) is 31.5 Å². The molecule has 0 radical (unpaired) electrons. The van der Waals surface area contributed by atoms with E-state index in [0.717, 1.165) is 37.8 Å². The van der Waals surface area contributed by atoms with Crippen LogP contribution in [0.5, 0.6) is 0 Å². The van der Waals surface area contributed by atoms with E-state index in [9.17, 15) is 0 Å². The van der Waals surface area contributed by atoms with E-state index < -0.39 is 0 Å². The Kier molecular flexibility index (Phi) is 6.69. The highest BCUT2D eigenvalue weighted by Gasteiger charge is 2.18. The van der Waals surface area contributed by atoms with Crippen LogP contribution in [-0.2, 0) is 5.41 Å². The number of aromatic nitrogens is 2. The van der Waals surface area contributed by atoms with Gasteiger partial charge in [-0.1, -0.05) is 46.2 Å². The number of hydrogen-bond donors (Lipinski definition) is 1. The number of nitrogens with zero attached hydrogens (tertiary/aromatic N) is 3. The number of anilines is 1. The maximum atomic E-state index is 6.07. The zero-order valence-electron chi connectivity index (χ0n) is 13.3. The standard InChI is InChI=1S/C15H27ClN4/c1-6-9-20(7-2)10-8-17-13-11-12(16)18-14(19-13)15(3,4)5/h11H,6-10H2,1-5H3,(H,17,18,19). The minimum absolute atomic E-state index is 0.0982. The third-order valence-electron chi connectivity index (χ3n) is 3.09. The summed E-state index contributed by atoms with van der Waals surface area (Å²) in [7, 11) is 0. The minimum Gasteiger partial charge on any atom is -0.369 e. The first kappa shape index (κ1) is 17.2. The summed E-state index contributed by atoms with van der Waals surface area (Å²) in [6.45, 7) is 14.7. The molecule has 1 heterocycles. The molecule has 0 bridgehead atoms. The molecule has 0 saturated heterocycles. The lowest BCUT2D eigenvalue weighted by Crippen LogP contribution is -2.30. The summed E-state index contributed by atoms with van der Waals surface area (Å²) in [5, 5.41) is 3.84. The molecule has 1 N–H and O–H groups in total. The Morgan fingerprint density at radius 3 is 2.45 bits per heavy atom. The van der Waals surface area contributed by atoms with Gasteiger partial charge in [-0.15, -0.1) is 0 Å². The maximum Gasteiger partial charge on any atom is 0.137 e. The normalized spacial score (nSPS) is 11.9. The summed E-state index contributed by atoms with van der Waals surface area (Å²) < 4.78 is 0. The van der Waals surface area contributed by atoms with Crippen LogP contribution < -0.4 is 5.32 Å². The molecule has 5 heteroatoms. The number of halogens is 1. The fourth-order valence-electron chi connectivity index (χ4n) is 1.93. The van der Waals surface area contributed by atoms with E-state index in [4.69, 9.17) is 11.6 Å². The SMILES string of the molecule is CCCN(CC)CCNc1cc(Cl)nc(C(C)(C)C)n1. The number of likely N-dealkylation sites (N-methyl/N-ethyl adjacent to an activating group) is 1. The molecule has 1 aromatic heterocycles. The van der Waals surface area contributed by atoms with E-state index in [1.54, 1.807) is 6.07 Å². The number of nitrogens with one attached hydrogen (secondary N) is 1. The average molecular weight is 299 g/mol. The van der Waals surface area contributed by atoms with Crippen molar-refractivity contribution >= 4 is 17.4 Å². The van der Waals surface area contributed by atoms with Crippen molar-refractivity contribution in [3.63, 3.8) is 0 Å². The Hall–Kier alpha value is -0.870. The Morgan fingerprint density at radius 1 is 1.20 bits per heavy atom. The average Bonchev–Trinajstić information content (AvgIpc) is 2.36. The van der Waals surface area contributed by atoms with Gasteiger partial charge in [0, 0.05) is 24.6 Å². The smallest absolute Gasteiger partial charge is 0.137 e. The second kappa shape index (κ2) is 7.79. The molecule has 1 aromatic rings. The minimum atomic E-state index is -0.0982. The van der Waals surface area contributed by atoms with Crippen LogP contribution in [-0.4, -0.2) is 41.0 Å². The van der Waals surface area contributed by atoms with Gasteiger partial charge in [0.05, 0.1) is 0 Å². The highest BCUT2D eigenvalue weighted by molar-refractivity contribution is 6.29. The lowest BCUT2D eigenvalue weighted by molar-refractivity contribution is 0.300. The highest BCUT2D eigenvalue weighted by Crippen LogP contribution is 2.22. The maximum absolute atomic E-state index is 6.07. The van der Waals surface area contributed by atoms with Gasteiger partial charge in [-0.2, -0.15) is 0 Å². The highest BCUT2D eigenvalue weighted by atomic mass is 35.5. The third-order valence-corrected chi connectivity index (χ3v) is 3.28. The van der Waals surface area contributed by atoms with Gasteiger partial charge in [0.25, 0.3) is 0 Å². The first-order valence-electron chi connectivity index (χ1n) is 7.38. The second-order valence-corrected chi connectivity index (χ2v) is 6.40. The summed E-state index contributed by atoms with van der Waals surface area (Å²) in [5.74, 6) is 1.58. The summed E-state index contributed by atoms with van der Waals surface area (Å²) in [4.78, 5) is 11.3. The zero-order chi connectivity index (χ0) is 15.2. The van der Waals surface area contributed by atoms with Crippen molar-refractivity contribution in [2.24, 2.45) is 0 Å². The number of rotatable bonds is 7. The first-order chi connectivity index (χ1) is 9.36. The van der Waals surface area contributed by atoms with Crippen LogP contribution in [0.15, 0.2) is 6.07 Å². The predicted octanol–water partition coefficient (Wildman–Crippen LogP) is 3.57. The monoisotopic (exact) mass is 298 g/mol. The fourth-order valence-corrected chi connectivity index (χ4v) is 2.11. The van der Waals surface area contributed by atoms with E-state index >= 15 is 0 Å². The van der Waals surface area contributed by atoms with Gasteiger partial charge in [-0.25, -0.2) is 9.97 Å². The summed E-state index contributed by atoms with van der Waals surface area (Å²) >= 11 is 6.07. The molecule has 20 heavy (non-hydrogen) atoms. The molecule has 0 aromatic carbocycles. The van der Waals surface area contributed by atoms with Crippen LogP contribution in [0.1, 0.15) is 46.9 Å². The predicted molar refractivity (Wildman–Crippen MR) is 86.6 cm³/mol. The molecule has 114 valence electrons. The molecule has 0 atom stereocenters. The molecular formula is C15H27ClN4. The lowest BCUT2D eigenvalue weighted by Gasteiger charge is -2.21. The van der Waals surface area contributed by atoms with Crippen molar-refractivity contribution in [1.29, 1.82) is 0 Å². The van der Waals surface area contributed by atoms with E-state index in [-0.39, 0.29) is 5.41 Å². The molecule has 4 nitrogen and oxygen atoms in total. The largest absolute Gasteiger partial charge is 0.369 e. The number of hydrogen-bond acceptors (Lipinski definition) is 4. The third kappa shape index (κ3) is 5.63. The van der Waals surface area contributed by atoms with Crippen LogP contribution in [0, 0.1) is 0 Å². The molecule has 0 aliphatic heterocycles. The van der Waals surface area contributed by atoms with Crippen molar-refractivity contribution in [3.8, 4) is 0 Å². The Morgan fingerprint density at radius 2 is 1.90 bits per heavy atom. The summed E-state index contributed by atoms with van der Waals surface area (Å²) in [6.07, 6.45) is 1.18. The van der Waals surface area contributed by atoms with Crippen LogP contribution in [0.3, 0.4) is 0 Å². The molecule has 0 aliphatic carbocycles. The van der Waals surface area contributed by atoms with Crippen molar-refractivity contribution < 1.29 is 0 Å². The Labute approximate surface area is 127 Å². The quantitative estimate of drug-likeness (QED) is 0.781. The Bertz CT molecular complexity index is 415. The van der Waals surface area contributed by atoms with Crippen LogP contribution in [0.2, 0.25) is 5.15 Å². The van der Waals surface area contributed by atoms with E-state index in [2.05, 4.69) is 54.8 Å². The van der Waals surface area contributed by atoms with Gasteiger partial charge in [-0.3, -0.25) is 0 Å². The molecule has 0 spiro atoms. The van der Waals surface area contributed by atoms with Crippen molar-refractivity contribution in [1.82, 2.24) is 14.9 Å². The molecule has 0 fully saturated rings. The van der Waals surface area contributed by atoms with Gasteiger partial charge in [0.1, 0.15) is 16.8 Å². The molecule has 0 amide bonds. The van der Waals surface area contributed by atoms with Gasteiger partial charge in [-0.05, 0) is 19.5 Å². The summed E-state index contributed by atoms with van der Waals surface area (Å²) in [6, 6.07) is 1.78. The second-order valence-electron chi connectivity index (χ2n) is 6.01. The van der Waals surface area contributed by atoms with Gasteiger partial charge >= 0.3 is 0 Å². The molecule has 0 saturated carbocycles. The van der Waals surface area contributed by atoms with Crippen LogP contribution >= 0.6 is 11.6 Å². The van der Waals surface area contributed by atoms with Crippen LogP contribution in [0.25, 0.3) is 0 Å². The van der Waals surface area contributed by atoms with E-state index in [0.29, 0.717) is 5.15 Å². The van der Waals surface area contributed by atoms with Crippen molar-refractivity contribution in [2.45, 2.75) is 46.5 Å². The lowest BCUT2D eigenvalue weighted by atomic mass is 9.96. The zero-order valence-corrected chi connectivity index (χ0v) is 14.1. The van der Waals surface area contributed by atoms with Gasteiger partial charge in [0.2, 0.25) is 0 Å². The topological polar surface area (TPSA) is 41.0 Å². The fraction of sp³-hybridized carbons (Fsp3) is 0.733. The van der Waals surface area contributed by atoms with E-state index in [1.807, 2.05) is 0 Å². The molecular weight excluding hydrogens is 272 g/mol. The van der Waals surface area contributed by atoms with Gasteiger partial charge < -0.3 is 10.2 Å². The molecule has 0 aliphatic rings. The van der Waals surface area contributed by atoms with Crippen LogP contribution in [0.4, 0.5) is 5.82 Å². The summed E-state index contributed by atoms with van der Waals surface area (Å²) in [5.41, 5.74) is -0.0982. The molecule has 1 rings (SSSR count). The van der Waals surface area contributed by atoms with Crippen molar-refractivity contribution in [3.05, 3.63) is 17.0 Å². The van der Waals surface area contributed by atoms with Gasteiger partial charge in [0.15, 0.2) is 0 Å². The van der Waals surface area contributed by atoms with E-state index in [1.165, 1.54) is 6.42 Å². The molecule has 0 unspecified atom stereocenters. The Balaban J connectivity index is 2.62.